The van der Waals surface area contributed by atoms with Crippen LogP contribution in [-0.4, -0.2) is 30.4 Å². The summed E-state index contributed by atoms with van der Waals surface area (Å²) in [7, 11) is 0. The lowest BCUT2D eigenvalue weighted by Crippen LogP contribution is -2.52. The fraction of sp³-hybridized carbons (Fsp3) is 0.688. The third-order valence-electron chi connectivity index (χ3n) is 4.86. The van der Waals surface area contributed by atoms with Crippen molar-refractivity contribution in [3.63, 3.8) is 0 Å². The molecule has 0 spiro atoms. The topological polar surface area (TPSA) is 32.3 Å². The predicted octanol–water partition coefficient (Wildman–Crippen LogP) is 2.97. The molecule has 1 aromatic rings. The van der Waals surface area contributed by atoms with Gasteiger partial charge in [0, 0.05) is 18.0 Å². The molecule has 3 heterocycles. The van der Waals surface area contributed by atoms with E-state index < -0.39 is 0 Å². The number of nitrogens with one attached hydrogen (secondary N) is 1. The number of piperidine rings is 1. The molecule has 4 heteroatoms. The molecule has 20 heavy (non-hydrogen) atoms. The SMILES string of the molecule is CCC1c2ccsc2CCN1C(=O)C1(C)CCCNC1. The largest absolute Gasteiger partial charge is 0.335 e. The predicted molar refractivity (Wildman–Crippen MR) is 83.0 cm³/mol. The summed E-state index contributed by atoms with van der Waals surface area (Å²) < 4.78 is 0. The van der Waals surface area contributed by atoms with E-state index in [1.54, 1.807) is 0 Å². The molecule has 0 aliphatic carbocycles. The minimum atomic E-state index is -0.209. The molecule has 2 aliphatic heterocycles. The maximum absolute atomic E-state index is 13.1. The van der Waals surface area contributed by atoms with E-state index in [1.807, 2.05) is 11.3 Å². The third-order valence-corrected chi connectivity index (χ3v) is 5.85. The lowest BCUT2D eigenvalue weighted by molar-refractivity contribution is -0.145. The molecule has 2 unspecified atom stereocenters. The number of amides is 1. The first-order valence-corrected chi connectivity index (χ1v) is 8.62. The first-order valence-electron chi connectivity index (χ1n) is 7.74. The molecular formula is C16H24N2OS. The number of nitrogens with zero attached hydrogens (tertiary/aromatic N) is 1. The molecule has 1 amide bonds. The van der Waals surface area contributed by atoms with Crippen molar-refractivity contribution in [2.24, 2.45) is 5.41 Å². The molecule has 0 aromatic carbocycles. The Morgan fingerprint density at radius 3 is 3.15 bits per heavy atom. The van der Waals surface area contributed by atoms with Gasteiger partial charge in [-0.1, -0.05) is 6.92 Å². The molecule has 2 atom stereocenters. The number of carbonyl (C=O) groups is 1. The van der Waals surface area contributed by atoms with Gasteiger partial charge in [0.05, 0.1) is 11.5 Å². The van der Waals surface area contributed by atoms with Crippen LogP contribution in [0, 0.1) is 5.41 Å². The summed E-state index contributed by atoms with van der Waals surface area (Å²) in [6.45, 7) is 7.10. The van der Waals surface area contributed by atoms with Crippen molar-refractivity contribution in [2.75, 3.05) is 19.6 Å². The number of hydrogen-bond acceptors (Lipinski definition) is 3. The molecular weight excluding hydrogens is 268 g/mol. The van der Waals surface area contributed by atoms with Gasteiger partial charge in [0.15, 0.2) is 0 Å². The van der Waals surface area contributed by atoms with Crippen molar-refractivity contribution in [1.29, 1.82) is 0 Å². The van der Waals surface area contributed by atoms with Gasteiger partial charge in [-0.2, -0.15) is 0 Å². The van der Waals surface area contributed by atoms with Crippen molar-refractivity contribution in [3.8, 4) is 0 Å². The standard InChI is InChI=1S/C16H24N2OS/c1-3-13-12-6-10-20-14(12)5-9-18(13)15(19)16(2)7-4-8-17-11-16/h6,10,13,17H,3-5,7-9,11H2,1-2H3. The first kappa shape index (κ1) is 14.1. The molecule has 1 saturated heterocycles. The van der Waals surface area contributed by atoms with Gasteiger partial charge in [-0.05, 0) is 56.2 Å². The lowest BCUT2D eigenvalue weighted by atomic mass is 9.80. The average molecular weight is 292 g/mol. The third kappa shape index (κ3) is 2.29. The van der Waals surface area contributed by atoms with E-state index in [2.05, 4.69) is 35.5 Å². The Hall–Kier alpha value is -0.870. The Morgan fingerprint density at radius 1 is 1.60 bits per heavy atom. The number of thiophene rings is 1. The van der Waals surface area contributed by atoms with Crippen LogP contribution < -0.4 is 5.32 Å². The second-order valence-corrected chi connectivity index (χ2v) is 7.31. The van der Waals surface area contributed by atoms with Gasteiger partial charge in [-0.25, -0.2) is 0 Å². The Bertz CT molecular complexity index is 490. The second kappa shape index (κ2) is 5.49. The molecule has 0 bridgehead atoms. The van der Waals surface area contributed by atoms with E-state index in [1.165, 1.54) is 10.4 Å². The minimum absolute atomic E-state index is 0.209. The van der Waals surface area contributed by atoms with Gasteiger partial charge in [0.25, 0.3) is 0 Å². The van der Waals surface area contributed by atoms with Gasteiger partial charge >= 0.3 is 0 Å². The van der Waals surface area contributed by atoms with Crippen LogP contribution in [0.25, 0.3) is 0 Å². The first-order chi connectivity index (χ1) is 9.65. The summed E-state index contributed by atoms with van der Waals surface area (Å²) in [5, 5.41) is 5.57. The van der Waals surface area contributed by atoms with E-state index in [0.717, 1.165) is 45.3 Å². The molecule has 0 saturated carbocycles. The zero-order chi connectivity index (χ0) is 14.2. The van der Waals surface area contributed by atoms with Crippen molar-refractivity contribution < 1.29 is 4.79 Å². The second-order valence-electron chi connectivity index (χ2n) is 6.31. The number of rotatable bonds is 2. The Labute approximate surface area is 125 Å². The molecule has 1 N–H and O–H groups in total. The van der Waals surface area contributed by atoms with Crippen LogP contribution in [0.15, 0.2) is 11.4 Å². The van der Waals surface area contributed by atoms with Crippen LogP contribution >= 0.6 is 11.3 Å². The highest BCUT2D eigenvalue weighted by molar-refractivity contribution is 7.10. The molecule has 1 fully saturated rings. The van der Waals surface area contributed by atoms with Gasteiger partial charge < -0.3 is 10.2 Å². The summed E-state index contributed by atoms with van der Waals surface area (Å²) in [4.78, 5) is 16.7. The van der Waals surface area contributed by atoms with E-state index in [-0.39, 0.29) is 11.5 Å². The molecule has 3 nitrogen and oxygen atoms in total. The van der Waals surface area contributed by atoms with Crippen LogP contribution in [0.5, 0.6) is 0 Å². The van der Waals surface area contributed by atoms with Gasteiger partial charge in [0.1, 0.15) is 0 Å². The molecule has 2 aliphatic rings. The van der Waals surface area contributed by atoms with Crippen LogP contribution in [0.2, 0.25) is 0 Å². The van der Waals surface area contributed by atoms with E-state index in [4.69, 9.17) is 0 Å². The number of fused-ring (bicyclic) bond motifs is 1. The fourth-order valence-corrected chi connectivity index (χ4v) is 4.59. The highest BCUT2D eigenvalue weighted by atomic mass is 32.1. The number of carbonyl (C=O) groups excluding carboxylic acids is 1. The van der Waals surface area contributed by atoms with Crippen molar-refractivity contribution in [2.45, 2.75) is 45.6 Å². The molecule has 3 rings (SSSR count). The summed E-state index contributed by atoms with van der Waals surface area (Å²) in [6, 6.07) is 2.51. The monoisotopic (exact) mass is 292 g/mol. The minimum Gasteiger partial charge on any atom is -0.335 e. The fourth-order valence-electron chi connectivity index (χ4n) is 3.67. The maximum atomic E-state index is 13.1. The summed E-state index contributed by atoms with van der Waals surface area (Å²) >= 11 is 1.84. The smallest absolute Gasteiger partial charge is 0.230 e. The molecule has 1 aromatic heterocycles. The summed E-state index contributed by atoms with van der Waals surface area (Å²) in [6.07, 6.45) is 4.16. The normalized spacial score (nSPS) is 30.1. The zero-order valence-corrected chi connectivity index (χ0v) is 13.3. The van der Waals surface area contributed by atoms with Crippen molar-refractivity contribution >= 4 is 17.2 Å². The van der Waals surface area contributed by atoms with Gasteiger partial charge in [-0.15, -0.1) is 11.3 Å². The highest BCUT2D eigenvalue weighted by Gasteiger charge is 2.41. The molecule has 0 radical (unpaired) electrons. The van der Waals surface area contributed by atoms with E-state index >= 15 is 0 Å². The molecule has 110 valence electrons. The van der Waals surface area contributed by atoms with E-state index in [9.17, 15) is 4.79 Å². The Balaban J connectivity index is 1.84. The van der Waals surface area contributed by atoms with E-state index in [0.29, 0.717) is 5.91 Å². The zero-order valence-electron chi connectivity index (χ0n) is 12.4. The Kier molecular flexibility index (Phi) is 3.87. The highest BCUT2D eigenvalue weighted by Crippen LogP contribution is 2.39. The quantitative estimate of drug-likeness (QED) is 0.909. The van der Waals surface area contributed by atoms with Gasteiger partial charge in [-0.3, -0.25) is 4.79 Å². The van der Waals surface area contributed by atoms with Crippen LogP contribution in [0.3, 0.4) is 0 Å². The lowest BCUT2D eigenvalue weighted by Gasteiger charge is -2.42. The Morgan fingerprint density at radius 2 is 2.45 bits per heavy atom. The number of hydrogen-bond donors (Lipinski definition) is 1. The van der Waals surface area contributed by atoms with Crippen molar-refractivity contribution in [1.82, 2.24) is 10.2 Å². The van der Waals surface area contributed by atoms with Crippen LogP contribution in [-0.2, 0) is 11.2 Å². The van der Waals surface area contributed by atoms with Gasteiger partial charge in [0.2, 0.25) is 5.91 Å². The van der Waals surface area contributed by atoms with Crippen LogP contribution in [0.1, 0.15) is 49.6 Å². The summed E-state index contributed by atoms with van der Waals surface area (Å²) in [5.74, 6) is 0.355. The van der Waals surface area contributed by atoms with Crippen LogP contribution in [0.4, 0.5) is 0 Å². The average Bonchev–Trinajstić information content (AvgIpc) is 2.94. The van der Waals surface area contributed by atoms with Crippen molar-refractivity contribution in [3.05, 3.63) is 21.9 Å². The summed E-state index contributed by atoms with van der Waals surface area (Å²) in [5.41, 5.74) is 1.18. The maximum Gasteiger partial charge on any atom is 0.230 e.